The Hall–Kier alpha value is -1.44. The van der Waals surface area contributed by atoms with Gasteiger partial charge in [-0.1, -0.05) is 19.4 Å². The molecule has 0 aliphatic heterocycles. The Morgan fingerprint density at radius 1 is 1.08 bits per heavy atom. The second kappa shape index (κ2) is 3.52. The van der Waals surface area contributed by atoms with Gasteiger partial charge in [0.2, 0.25) is 0 Å². The van der Waals surface area contributed by atoms with Crippen LogP contribution in [-0.2, 0) is 6.42 Å². The van der Waals surface area contributed by atoms with Crippen LogP contribution >= 0.6 is 0 Å². The molecule has 2 heteroatoms. The summed E-state index contributed by atoms with van der Waals surface area (Å²) in [4.78, 5) is 8.48. The Labute approximate surface area is 77.6 Å². The van der Waals surface area contributed by atoms with Gasteiger partial charge in [-0.25, -0.2) is 0 Å². The van der Waals surface area contributed by atoms with Gasteiger partial charge in [0.05, 0.1) is 11.0 Å². The van der Waals surface area contributed by atoms with Crippen molar-refractivity contribution in [1.29, 1.82) is 0 Å². The first-order valence-electron chi connectivity index (χ1n) is 4.60. The molecule has 2 rings (SSSR count). The Kier molecular flexibility index (Phi) is 2.21. The lowest BCUT2D eigenvalue weighted by molar-refractivity contribution is 0.923. The molecule has 2 nitrogen and oxygen atoms in total. The molecule has 0 saturated carbocycles. The molecule has 0 saturated heterocycles. The quantitative estimate of drug-likeness (QED) is 0.695. The van der Waals surface area contributed by atoms with Crippen molar-refractivity contribution in [2.24, 2.45) is 0 Å². The molecule has 0 N–H and O–H groups in total. The Morgan fingerprint density at radius 3 is 2.62 bits per heavy atom. The number of aryl methyl sites for hydroxylation is 1. The zero-order chi connectivity index (χ0) is 9.10. The third kappa shape index (κ3) is 1.66. The van der Waals surface area contributed by atoms with Crippen LogP contribution in [0.15, 0.2) is 30.6 Å². The highest BCUT2D eigenvalue weighted by molar-refractivity contribution is 5.74. The van der Waals surface area contributed by atoms with Crippen LogP contribution in [0.25, 0.3) is 11.0 Å². The molecule has 0 fully saturated rings. The number of rotatable bonds is 2. The Balaban J connectivity index is 2.49. The van der Waals surface area contributed by atoms with Gasteiger partial charge in [-0.2, -0.15) is 0 Å². The van der Waals surface area contributed by atoms with Crippen LogP contribution in [0.1, 0.15) is 18.9 Å². The average molecular weight is 172 g/mol. The predicted octanol–water partition coefficient (Wildman–Crippen LogP) is 2.58. The molecule has 0 atom stereocenters. The van der Waals surface area contributed by atoms with Crippen LogP contribution in [0.4, 0.5) is 0 Å². The molecule has 2 aromatic rings. The molecule has 1 aromatic heterocycles. The van der Waals surface area contributed by atoms with Gasteiger partial charge in [-0.3, -0.25) is 9.97 Å². The van der Waals surface area contributed by atoms with Crippen molar-refractivity contribution >= 4 is 11.0 Å². The van der Waals surface area contributed by atoms with E-state index in [9.17, 15) is 0 Å². The lowest BCUT2D eigenvalue weighted by atomic mass is 10.1. The van der Waals surface area contributed by atoms with E-state index in [4.69, 9.17) is 0 Å². The van der Waals surface area contributed by atoms with Crippen molar-refractivity contribution in [2.45, 2.75) is 19.8 Å². The number of aromatic nitrogens is 2. The molecular weight excluding hydrogens is 160 g/mol. The van der Waals surface area contributed by atoms with Gasteiger partial charge < -0.3 is 0 Å². The second-order valence-electron chi connectivity index (χ2n) is 3.13. The summed E-state index contributed by atoms with van der Waals surface area (Å²) in [6.45, 7) is 2.18. The van der Waals surface area contributed by atoms with E-state index in [1.807, 2.05) is 6.07 Å². The van der Waals surface area contributed by atoms with Gasteiger partial charge in [0.1, 0.15) is 0 Å². The zero-order valence-corrected chi connectivity index (χ0v) is 7.70. The summed E-state index contributed by atoms with van der Waals surface area (Å²) in [5, 5.41) is 0. The van der Waals surface area contributed by atoms with Gasteiger partial charge >= 0.3 is 0 Å². The lowest BCUT2D eigenvalue weighted by Crippen LogP contribution is -1.86. The first-order chi connectivity index (χ1) is 6.40. The van der Waals surface area contributed by atoms with E-state index in [1.54, 1.807) is 12.4 Å². The van der Waals surface area contributed by atoms with Gasteiger partial charge in [-0.15, -0.1) is 0 Å². The monoisotopic (exact) mass is 172 g/mol. The lowest BCUT2D eigenvalue weighted by Gasteiger charge is -1.99. The topological polar surface area (TPSA) is 25.8 Å². The summed E-state index contributed by atoms with van der Waals surface area (Å²) in [6, 6.07) is 6.28. The molecule has 0 amide bonds. The van der Waals surface area contributed by atoms with Crippen LogP contribution in [0.3, 0.4) is 0 Å². The number of fused-ring (bicyclic) bond motifs is 1. The summed E-state index contributed by atoms with van der Waals surface area (Å²) >= 11 is 0. The number of nitrogens with zero attached hydrogens (tertiary/aromatic N) is 2. The SMILES string of the molecule is CCCc1ccc2nccnc2c1. The van der Waals surface area contributed by atoms with Crippen molar-refractivity contribution in [1.82, 2.24) is 9.97 Å². The minimum atomic E-state index is 0.974. The minimum absolute atomic E-state index is 0.974. The van der Waals surface area contributed by atoms with Crippen LogP contribution in [0, 0.1) is 0 Å². The van der Waals surface area contributed by atoms with Crippen molar-refractivity contribution in [3.8, 4) is 0 Å². The maximum Gasteiger partial charge on any atom is 0.0889 e. The van der Waals surface area contributed by atoms with Crippen molar-refractivity contribution in [3.63, 3.8) is 0 Å². The van der Waals surface area contributed by atoms with E-state index >= 15 is 0 Å². The first-order valence-corrected chi connectivity index (χ1v) is 4.60. The fraction of sp³-hybridized carbons (Fsp3) is 0.273. The molecular formula is C11H12N2. The van der Waals surface area contributed by atoms with Crippen LogP contribution < -0.4 is 0 Å². The summed E-state index contributed by atoms with van der Waals surface area (Å²) < 4.78 is 0. The standard InChI is InChI=1S/C11H12N2/c1-2-3-9-4-5-10-11(8-9)13-7-6-12-10/h4-8H,2-3H2,1H3. The molecule has 0 aliphatic carbocycles. The van der Waals surface area contributed by atoms with Crippen LogP contribution in [-0.4, -0.2) is 9.97 Å². The summed E-state index contributed by atoms with van der Waals surface area (Å²) in [5.41, 5.74) is 3.31. The van der Waals surface area contributed by atoms with Gasteiger partial charge in [0, 0.05) is 12.4 Å². The molecule has 0 bridgehead atoms. The normalized spacial score (nSPS) is 10.5. The summed E-state index contributed by atoms with van der Waals surface area (Å²) in [6.07, 6.45) is 5.75. The van der Waals surface area contributed by atoms with Crippen molar-refractivity contribution < 1.29 is 0 Å². The molecule has 0 spiro atoms. The van der Waals surface area contributed by atoms with Gasteiger partial charge in [0.25, 0.3) is 0 Å². The third-order valence-electron chi connectivity index (χ3n) is 2.07. The second-order valence-corrected chi connectivity index (χ2v) is 3.13. The fourth-order valence-corrected chi connectivity index (χ4v) is 1.45. The molecule has 1 aromatic carbocycles. The van der Waals surface area contributed by atoms with Crippen LogP contribution in [0.5, 0.6) is 0 Å². The Bertz CT molecular complexity index is 410. The summed E-state index contributed by atoms with van der Waals surface area (Å²) in [5.74, 6) is 0. The van der Waals surface area contributed by atoms with E-state index in [0.717, 1.165) is 17.5 Å². The smallest absolute Gasteiger partial charge is 0.0889 e. The van der Waals surface area contributed by atoms with Crippen molar-refractivity contribution in [2.75, 3.05) is 0 Å². The van der Waals surface area contributed by atoms with Gasteiger partial charge in [0.15, 0.2) is 0 Å². The zero-order valence-electron chi connectivity index (χ0n) is 7.70. The minimum Gasteiger partial charge on any atom is -0.253 e. The predicted molar refractivity (Wildman–Crippen MR) is 53.5 cm³/mol. The molecule has 0 unspecified atom stereocenters. The average Bonchev–Trinajstić information content (AvgIpc) is 2.18. The molecule has 13 heavy (non-hydrogen) atoms. The maximum atomic E-state index is 4.26. The number of benzene rings is 1. The number of hydrogen-bond donors (Lipinski definition) is 0. The van der Waals surface area contributed by atoms with E-state index in [2.05, 4.69) is 29.0 Å². The fourth-order valence-electron chi connectivity index (χ4n) is 1.45. The number of hydrogen-bond acceptors (Lipinski definition) is 2. The van der Waals surface area contributed by atoms with E-state index < -0.39 is 0 Å². The Morgan fingerprint density at radius 2 is 1.85 bits per heavy atom. The highest BCUT2D eigenvalue weighted by Gasteiger charge is 1.96. The van der Waals surface area contributed by atoms with Crippen LogP contribution in [0.2, 0.25) is 0 Å². The highest BCUT2D eigenvalue weighted by Crippen LogP contribution is 2.11. The molecule has 0 aliphatic rings. The maximum absolute atomic E-state index is 4.26. The van der Waals surface area contributed by atoms with E-state index in [0.29, 0.717) is 0 Å². The summed E-state index contributed by atoms with van der Waals surface area (Å²) in [7, 11) is 0. The third-order valence-corrected chi connectivity index (χ3v) is 2.07. The molecule has 0 radical (unpaired) electrons. The van der Waals surface area contributed by atoms with E-state index in [1.165, 1.54) is 12.0 Å². The molecule has 1 heterocycles. The van der Waals surface area contributed by atoms with E-state index in [-0.39, 0.29) is 0 Å². The molecule has 66 valence electrons. The van der Waals surface area contributed by atoms with Crippen molar-refractivity contribution in [3.05, 3.63) is 36.2 Å². The van der Waals surface area contributed by atoms with Gasteiger partial charge in [-0.05, 0) is 24.1 Å². The first kappa shape index (κ1) is 8.17. The largest absolute Gasteiger partial charge is 0.253 e. The highest BCUT2D eigenvalue weighted by atomic mass is 14.8.